The highest BCUT2D eigenvalue weighted by Crippen LogP contribution is 2.25. The van der Waals surface area contributed by atoms with Gasteiger partial charge in [0.1, 0.15) is 6.17 Å². The lowest BCUT2D eigenvalue weighted by Crippen LogP contribution is -2.27. The summed E-state index contributed by atoms with van der Waals surface area (Å²) < 4.78 is 12.6. The largest absolute Gasteiger partial charge is 0.346 e. The van der Waals surface area contributed by atoms with E-state index >= 15 is 0 Å². The van der Waals surface area contributed by atoms with Crippen molar-refractivity contribution in [3.05, 3.63) is 35.4 Å². The maximum atomic E-state index is 12.6. The summed E-state index contributed by atoms with van der Waals surface area (Å²) in [5.41, 5.74) is 1.80. The first kappa shape index (κ1) is 11.1. The Balaban J connectivity index is 2.00. The number of carbonyl (C=O) groups excluding carboxylic acids is 1. The molecule has 0 radical (unpaired) electrons. The third-order valence-corrected chi connectivity index (χ3v) is 2.87. The van der Waals surface area contributed by atoms with Crippen LogP contribution < -0.4 is 5.32 Å². The first-order valence-corrected chi connectivity index (χ1v) is 5.63. The van der Waals surface area contributed by atoms with Crippen LogP contribution in [0.15, 0.2) is 24.3 Å². The first-order valence-electron chi connectivity index (χ1n) is 5.63. The van der Waals surface area contributed by atoms with Crippen molar-refractivity contribution < 1.29 is 9.18 Å². The molecule has 86 valence electrons. The molecular formula is C13H16FNO. The molecule has 0 aliphatic heterocycles. The smallest absolute Gasteiger partial charge is 0.251 e. The number of nitrogens with one attached hydrogen (secondary N) is 1. The van der Waals surface area contributed by atoms with Crippen LogP contribution in [0, 0.1) is 0 Å². The van der Waals surface area contributed by atoms with E-state index in [4.69, 9.17) is 0 Å². The fraction of sp³-hybridized carbons (Fsp3) is 0.462. The highest BCUT2D eigenvalue weighted by molar-refractivity contribution is 5.94. The van der Waals surface area contributed by atoms with Crippen LogP contribution in [0.2, 0.25) is 0 Å². The standard InChI is InChI=1S/C13H16FNO/c1-8(2)9-3-5-10(6-4-9)13(16)15-12-7-11(12)14/h3-6,8,11-12H,7H2,1-2H3,(H,15,16)/t11-,12+/m1/s1. The van der Waals surface area contributed by atoms with Crippen molar-refractivity contribution in [1.29, 1.82) is 0 Å². The van der Waals surface area contributed by atoms with E-state index in [1.54, 1.807) is 12.1 Å². The summed E-state index contributed by atoms with van der Waals surface area (Å²) >= 11 is 0. The molecular weight excluding hydrogens is 205 g/mol. The van der Waals surface area contributed by atoms with E-state index < -0.39 is 6.17 Å². The van der Waals surface area contributed by atoms with Gasteiger partial charge in [-0.25, -0.2) is 4.39 Å². The number of benzene rings is 1. The molecule has 0 unspecified atom stereocenters. The second-order valence-electron chi connectivity index (χ2n) is 4.61. The van der Waals surface area contributed by atoms with Crippen molar-refractivity contribution in [2.24, 2.45) is 0 Å². The van der Waals surface area contributed by atoms with Crippen LogP contribution in [0.4, 0.5) is 4.39 Å². The van der Waals surface area contributed by atoms with Gasteiger partial charge < -0.3 is 5.32 Å². The Labute approximate surface area is 94.9 Å². The second-order valence-corrected chi connectivity index (χ2v) is 4.61. The Hall–Kier alpha value is -1.38. The summed E-state index contributed by atoms with van der Waals surface area (Å²) in [4.78, 5) is 11.6. The molecule has 1 amide bonds. The molecule has 1 aliphatic carbocycles. The van der Waals surface area contributed by atoms with Crippen LogP contribution in [0.25, 0.3) is 0 Å². The zero-order chi connectivity index (χ0) is 11.7. The number of carbonyl (C=O) groups is 1. The summed E-state index contributed by atoms with van der Waals surface area (Å²) in [5, 5.41) is 2.65. The Kier molecular flexibility index (Phi) is 2.95. The third-order valence-electron chi connectivity index (χ3n) is 2.87. The predicted octanol–water partition coefficient (Wildman–Crippen LogP) is 2.65. The number of halogens is 1. The van der Waals surface area contributed by atoms with Crippen molar-refractivity contribution >= 4 is 5.91 Å². The number of rotatable bonds is 3. The Morgan fingerprint density at radius 1 is 1.38 bits per heavy atom. The monoisotopic (exact) mass is 221 g/mol. The van der Waals surface area contributed by atoms with Crippen LogP contribution in [0.1, 0.15) is 42.1 Å². The molecule has 1 aromatic rings. The maximum Gasteiger partial charge on any atom is 0.251 e. The number of amides is 1. The average Bonchev–Trinajstić information content (AvgIpc) is 2.94. The summed E-state index contributed by atoms with van der Waals surface area (Å²) in [6.07, 6.45) is -0.394. The Bertz CT molecular complexity index is 385. The van der Waals surface area contributed by atoms with Crippen molar-refractivity contribution in [3.63, 3.8) is 0 Å². The third kappa shape index (κ3) is 2.40. The molecule has 1 fully saturated rings. The van der Waals surface area contributed by atoms with Gasteiger partial charge in [-0.05, 0) is 23.6 Å². The molecule has 1 N–H and O–H groups in total. The molecule has 2 rings (SSSR count). The highest BCUT2D eigenvalue weighted by Gasteiger charge is 2.38. The van der Waals surface area contributed by atoms with E-state index in [0.717, 1.165) is 0 Å². The summed E-state index contributed by atoms with van der Waals surface area (Å²) in [6, 6.07) is 7.21. The lowest BCUT2D eigenvalue weighted by atomic mass is 10.0. The minimum absolute atomic E-state index is 0.180. The molecule has 0 aromatic heterocycles. The van der Waals surface area contributed by atoms with E-state index in [2.05, 4.69) is 19.2 Å². The minimum atomic E-state index is -0.848. The first-order chi connectivity index (χ1) is 7.58. The molecule has 2 nitrogen and oxygen atoms in total. The van der Waals surface area contributed by atoms with Crippen molar-refractivity contribution in [3.8, 4) is 0 Å². The van der Waals surface area contributed by atoms with Gasteiger partial charge in [0.15, 0.2) is 0 Å². The molecule has 1 aromatic carbocycles. The maximum absolute atomic E-state index is 12.6. The lowest BCUT2D eigenvalue weighted by molar-refractivity contribution is 0.0947. The summed E-state index contributed by atoms with van der Waals surface area (Å²) in [5.74, 6) is 0.274. The minimum Gasteiger partial charge on any atom is -0.346 e. The summed E-state index contributed by atoms with van der Waals surface area (Å²) in [6.45, 7) is 4.21. The molecule has 1 saturated carbocycles. The fourth-order valence-electron chi connectivity index (χ4n) is 1.58. The number of alkyl halides is 1. The Morgan fingerprint density at radius 3 is 2.38 bits per heavy atom. The van der Waals surface area contributed by atoms with Crippen LogP contribution >= 0.6 is 0 Å². The van der Waals surface area contributed by atoms with Gasteiger partial charge in [-0.3, -0.25) is 4.79 Å². The van der Waals surface area contributed by atoms with Crippen LogP contribution in [0.5, 0.6) is 0 Å². The normalized spacial score (nSPS) is 23.2. The van der Waals surface area contributed by atoms with E-state index in [-0.39, 0.29) is 11.9 Å². The van der Waals surface area contributed by atoms with Crippen molar-refractivity contribution in [2.45, 2.75) is 38.4 Å². The zero-order valence-electron chi connectivity index (χ0n) is 9.53. The van der Waals surface area contributed by atoms with Gasteiger partial charge in [-0.2, -0.15) is 0 Å². The topological polar surface area (TPSA) is 29.1 Å². The second kappa shape index (κ2) is 4.24. The lowest BCUT2D eigenvalue weighted by Gasteiger charge is -2.07. The van der Waals surface area contributed by atoms with Gasteiger partial charge >= 0.3 is 0 Å². The average molecular weight is 221 g/mol. The predicted molar refractivity (Wildman–Crippen MR) is 61.3 cm³/mol. The van der Waals surface area contributed by atoms with Gasteiger partial charge in [0, 0.05) is 12.0 Å². The number of hydrogen-bond donors (Lipinski definition) is 1. The molecule has 2 atom stereocenters. The van der Waals surface area contributed by atoms with E-state index in [1.807, 2.05) is 12.1 Å². The van der Waals surface area contributed by atoms with Crippen LogP contribution in [-0.4, -0.2) is 18.1 Å². The van der Waals surface area contributed by atoms with Gasteiger partial charge in [-0.1, -0.05) is 26.0 Å². The molecule has 1 aliphatic rings. The van der Waals surface area contributed by atoms with Crippen LogP contribution in [-0.2, 0) is 0 Å². The van der Waals surface area contributed by atoms with Crippen molar-refractivity contribution in [1.82, 2.24) is 5.32 Å². The van der Waals surface area contributed by atoms with Gasteiger partial charge in [0.25, 0.3) is 5.91 Å². The molecule has 0 heterocycles. The highest BCUT2D eigenvalue weighted by atomic mass is 19.1. The number of hydrogen-bond acceptors (Lipinski definition) is 1. The summed E-state index contributed by atoms with van der Waals surface area (Å²) in [7, 11) is 0. The quantitative estimate of drug-likeness (QED) is 0.835. The zero-order valence-corrected chi connectivity index (χ0v) is 9.53. The molecule has 0 bridgehead atoms. The molecule has 0 saturated heterocycles. The Morgan fingerprint density at radius 2 is 1.94 bits per heavy atom. The fourth-order valence-corrected chi connectivity index (χ4v) is 1.58. The van der Waals surface area contributed by atoms with Gasteiger partial charge in [0.05, 0.1) is 6.04 Å². The molecule has 3 heteroatoms. The van der Waals surface area contributed by atoms with E-state index in [0.29, 0.717) is 17.9 Å². The van der Waals surface area contributed by atoms with E-state index in [9.17, 15) is 9.18 Å². The molecule has 16 heavy (non-hydrogen) atoms. The SMILES string of the molecule is CC(C)c1ccc(C(=O)N[C@H]2C[C@H]2F)cc1. The van der Waals surface area contributed by atoms with E-state index in [1.165, 1.54) is 5.56 Å². The van der Waals surface area contributed by atoms with Gasteiger partial charge in [-0.15, -0.1) is 0 Å². The van der Waals surface area contributed by atoms with Crippen LogP contribution in [0.3, 0.4) is 0 Å². The van der Waals surface area contributed by atoms with Gasteiger partial charge in [0.2, 0.25) is 0 Å². The molecule has 0 spiro atoms. The van der Waals surface area contributed by atoms with Crippen molar-refractivity contribution in [2.75, 3.05) is 0 Å².